The van der Waals surface area contributed by atoms with Gasteiger partial charge in [0, 0.05) is 0 Å². The predicted molar refractivity (Wildman–Crippen MR) is 33.2 cm³/mol. The minimum absolute atomic E-state index is 0.250. The summed E-state index contributed by atoms with van der Waals surface area (Å²) in [7, 11) is 0. The quantitative estimate of drug-likeness (QED) is 0.501. The molecule has 0 radical (unpaired) electrons. The third-order valence-electron chi connectivity index (χ3n) is 0. The second-order valence-electron chi connectivity index (χ2n) is 0.437. The minimum atomic E-state index is -1.83. The first-order valence-corrected chi connectivity index (χ1v) is 1.78. The zero-order valence-corrected chi connectivity index (χ0v) is 4.88. The molecule has 9 heavy (non-hydrogen) atoms. The molecule has 0 aliphatic rings. The van der Waals surface area contributed by atoms with Crippen molar-refractivity contribution in [2.75, 3.05) is 0 Å². The van der Waals surface area contributed by atoms with Crippen molar-refractivity contribution < 1.29 is 19.4 Å². The van der Waals surface area contributed by atoms with E-state index in [2.05, 4.69) is 19.7 Å². The lowest BCUT2D eigenvalue weighted by molar-refractivity contribution is 0.137. The van der Waals surface area contributed by atoms with Gasteiger partial charge in [0.05, 0.1) is 6.33 Å². The number of rotatable bonds is 0. The molecule has 0 aromatic carbocycles. The van der Waals surface area contributed by atoms with Crippen molar-refractivity contribution in [3.05, 3.63) is 26.1 Å². The molecule has 0 unspecified atom stereocenters. The number of carboxylic acid groups (broad SMARTS) is 2. The Morgan fingerprint density at radius 1 is 1.44 bits per heavy atom. The molecule has 0 aliphatic heterocycles. The molecule has 0 amide bonds. The monoisotopic (exact) mass is 136 g/mol. The molecule has 0 fully saturated rings. The smallest absolute Gasteiger partial charge is 0.450 e. The van der Waals surface area contributed by atoms with Gasteiger partial charge in [-0.15, -0.1) is 13.2 Å². The first kappa shape index (κ1) is 15.6. The van der Waals surface area contributed by atoms with Gasteiger partial charge in [0.2, 0.25) is 0 Å². The predicted octanol–water partition coefficient (Wildman–Crippen LogP) is 2.12. The molecule has 4 heteroatoms. The topological polar surface area (TPSA) is 57.5 Å². The SMILES string of the molecule is C=C.C=CF.O=C(O)O. The molecule has 0 aromatic heterocycles. The van der Waals surface area contributed by atoms with Crippen LogP contribution in [0.4, 0.5) is 9.18 Å². The average molecular weight is 136 g/mol. The van der Waals surface area contributed by atoms with Crippen LogP contribution in [0.5, 0.6) is 0 Å². The molecule has 0 saturated carbocycles. The molecule has 0 atom stereocenters. The van der Waals surface area contributed by atoms with Gasteiger partial charge < -0.3 is 10.2 Å². The summed E-state index contributed by atoms with van der Waals surface area (Å²) in [6, 6.07) is 0. The highest BCUT2D eigenvalue weighted by molar-refractivity contribution is 5.53. The molecule has 2 N–H and O–H groups in total. The second-order valence-corrected chi connectivity index (χ2v) is 0.437. The number of hydrogen-bond donors (Lipinski definition) is 2. The van der Waals surface area contributed by atoms with Crippen LogP contribution in [-0.2, 0) is 0 Å². The zero-order chi connectivity index (χ0) is 8.28. The fourth-order valence-electron chi connectivity index (χ4n) is 0. The van der Waals surface area contributed by atoms with Crippen molar-refractivity contribution >= 4 is 6.16 Å². The Hall–Kier alpha value is -1.32. The van der Waals surface area contributed by atoms with Gasteiger partial charge >= 0.3 is 6.16 Å². The molecule has 0 bridgehead atoms. The van der Waals surface area contributed by atoms with Crippen molar-refractivity contribution in [1.82, 2.24) is 0 Å². The molecule has 0 heterocycles. The highest BCUT2D eigenvalue weighted by atomic mass is 19.1. The third-order valence-corrected chi connectivity index (χ3v) is 0. The molecule has 0 aliphatic carbocycles. The van der Waals surface area contributed by atoms with Crippen molar-refractivity contribution in [2.45, 2.75) is 0 Å². The molecule has 0 rings (SSSR count). The van der Waals surface area contributed by atoms with Gasteiger partial charge in [0.1, 0.15) is 0 Å². The second kappa shape index (κ2) is 30.0. The van der Waals surface area contributed by atoms with E-state index in [0.717, 1.165) is 0 Å². The summed E-state index contributed by atoms with van der Waals surface area (Å²) in [5.74, 6) is 0. The lowest BCUT2D eigenvalue weighted by atomic mass is 11.2. The maximum Gasteiger partial charge on any atom is 0.503 e. The van der Waals surface area contributed by atoms with Crippen molar-refractivity contribution in [3.63, 3.8) is 0 Å². The van der Waals surface area contributed by atoms with E-state index in [1.54, 1.807) is 0 Å². The molecule has 3 nitrogen and oxygen atoms in total. The first-order valence-electron chi connectivity index (χ1n) is 1.78. The number of halogens is 1. The minimum Gasteiger partial charge on any atom is -0.450 e. The summed E-state index contributed by atoms with van der Waals surface area (Å²) in [5.41, 5.74) is 0. The van der Waals surface area contributed by atoms with Crippen LogP contribution in [0.2, 0.25) is 0 Å². The average Bonchev–Trinajstić information content (AvgIpc) is 1.71. The largest absolute Gasteiger partial charge is 0.503 e. The Bertz CT molecular complexity index is 68.6. The van der Waals surface area contributed by atoms with Crippen LogP contribution in [-0.4, -0.2) is 16.4 Å². The van der Waals surface area contributed by atoms with Crippen molar-refractivity contribution in [1.29, 1.82) is 0 Å². The van der Waals surface area contributed by atoms with E-state index in [9.17, 15) is 4.39 Å². The lowest BCUT2D eigenvalue weighted by Crippen LogP contribution is -1.81. The summed E-state index contributed by atoms with van der Waals surface area (Å²) >= 11 is 0. The fourth-order valence-corrected chi connectivity index (χ4v) is 0. The molecule has 0 aromatic rings. The van der Waals surface area contributed by atoms with Crippen LogP contribution in [0.15, 0.2) is 26.1 Å². The highest BCUT2D eigenvalue weighted by Crippen LogP contribution is 1.48. The molecular formula is C5H9FO3. The van der Waals surface area contributed by atoms with Crippen LogP contribution in [0, 0.1) is 0 Å². The molecule has 0 spiro atoms. The summed E-state index contributed by atoms with van der Waals surface area (Å²) in [6.45, 7) is 8.69. The standard InChI is InChI=1S/C2H3F.C2H4.CH2O3/c1-2-3;1-2;2-1(3)4/h2H,1H2;1-2H2;(H2,2,3,4). The van der Waals surface area contributed by atoms with E-state index < -0.39 is 6.16 Å². The van der Waals surface area contributed by atoms with Gasteiger partial charge in [0.25, 0.3) is 0 Å². The van der Waals surface area contributed by atoms with Crippen LogP contribution in [0.1, 0.15) is 0 Å². The van der Waals surface area contributed by atoms with Crippen LogP contribution < -0.4 is 0 Å². The van der Waals surface area contributed by atoms with E-state index in [1.807, 2.05) is 0 Å². The fraction of sp³-hybridized carbons (Fsp3) is 0. The summed E-state index contributed by atoms with van der Waals surface area (Å²) in [4.78, 5) is 8.56. The van der Waals surface area contributed by atoms with Gasteiger partial charge in [-0.3, -0.25) is 0 Å². The third kappa shape index (κ3) is 84.0. The maximum atomic E-state index is 10.1. The first-order chi connectivity index (χ1) is 4.15. The zero-order valence-electron chi connectivity index (χ0n) is 4.88. The Morgan fingerprint density at radius 3 is 1.44 bits per heavy atom. The van der Waals surface area contributed by atoms with E-state index in [0.29, 0.717) is 0 Å². The van der Waals surface area contributed by atoms with Crippen LogP contribution >= 0.6 is 0 Å². The Kier molecular flexibility index (Phi) is 52.2. The van der Waals surface area contributed by atoms with Gasteiger partial charge in [-0.25, -0.2) is 9.18 Å². The highest BCUT2D eigenvalue weighted by Gasteiger charge is 1.70. The summed E-state index contributed by atoms with van der Waals surface area (Å²) in [5, 5.41) is 13.9. The summed E-state index contributed by atoms with van der Waals surface area (Å²) in [6.07, 6.45) is -1.58. The number of carbonyl (C=O) groups is 1. The number of hydrogen-bond acceptors (Lipinski definition) is 1. The molecule has 0 saturated heterocycles. The van der Waals surface area contributed by atoms with E-state index >= 15 is 0 Å². The van der Waals surface area contributed by atoms with Gasteiger partial charge in [0.15, 0.2) is 0 Å². The van der Waals surface area contributed by atoms with Crippen LogP contribution in [0.3, 0.4) is 0 Å². The van der Waals surface area contributed by atoms with Gasteiger partial charge in [-0.2, -0.15) is 0 Å². The normalized spacial score (nSPS) is 4.56. The Morgan fingerprint density at radius 2 is 1.44 bits per heavy atom. The van der Waals surface area contributed by atoms with Gasteiger partial charge in [-0.1, -0.05) is 6.58 Å². The Labute approximate surface area is 52.7 Å². The molecule has 54 valence electrons. The Balaban J connectivity index is -0.0000000646. The van der Waals surface area contributed by atoms with Crippen molar-refractivity contribution in [2.24, 2.45) is 0 Å². The molecular weight excluding hydrogens is 127 g/mol. The van der Waals surface area contributed by atoms with Crippen LogP contribution in [0.25, 0.3) is 0 Å². The lowest BCUT2D eigenvalue weighted by Gasteiger charge is -1.60. The summed E-state index contributed by atoms with van der Waals surface area (Å²) < 4.78 is 10.1. The van der Waals surface area contributed by atoms with E-state index in [1.165, 1.54) is 0 Å². The maximum absolute atomic E-state index is 10.1. The van der Waals surface area contributed by atoms with E-state index in [-0.39, 0.29) is 6.33 Å². The van der Waals surface area contributed by atoms with Gasteiger partial charge in [-0.05, 0) is 0 Å². The van der Waals surface area contributed by atoms with E-state index in [4.69, 9.17) is 15.0 Å². The van der Waals surface area contributed by atoms with Crippen molar-refractivity contribution in [3.8, 4) is 0 Å².